The highest BCUT2D eigenvalue weighted by Gasteiger charge is 2.18. The van der Waals surface area contributed by atoms with E-state index in [4.69, 9.17) is 5.73 Å². The fraction of sp³-hybridized carbons (Fsp3) is 0.286. The largest absolute Gasteiger partial charge is 0.448 e. The standard InChI is InChI=1S/C7H9BrN2O4S2/c8-5-1-4-15-6(5)16(12,13)10-2-3-14-7(9)11/h1,4,10H,2-3H2,(H2,9,11). The third kappa shape index (κ3) is 3.74. The molecule has 0 saturated carbocycles. The lowest BCUT2D eigenvalue weighted by atomic mass is 10.7. The molecule has 0 aliphatic heterocycles. The van der Waals surface area contributed by atoms with Gasteiger partial charge in [0.25, 0.3) is 10.0 Å². The van der Waals surface area contributed by atoms with Gasteiger partial charge in [0, 0.05) is 11.0 Å². The number of sulfonamides is 1. The average molecular weight is 329 g/mol. The van der Waals surface area contributed by atoms with Gasteiger partial charge in [0.1, 0.15) is 10.8 Å². The molecule has 90 valence electrons. The molecule has 0 atom stereocenters. The third-order valence-electron chi connectivity index (χ3n) is 1.47. The van der Waals surface area contributed by atoms with Gasteiger partial charge in [0.15, 0.2) is 0 Å². The maximum absolute atomic E-state index is 11.7. The predicted octanol–water partition coefficient (Wildman–Crippen LogP) is 0.884. The van der Waals surface area contributed by atoms with E-state index < -0.39 is 16.1 Å². The highest BCUT2D eigenvalue weighted by atomic mass is 79.9. The van der Waals surface area contributed by atoms with Gasteiger partial charge < -0.3 is 10.5 Å². The Morgan fingerprint density at radius 2 is 2.31 bits per heavy atom. The Labute approximate surface area is 105 Å². The molecular formula is C7H9BrN2O4S2. The summed E-state index contributed by atoms with van der Waals surface area (Å²) in [5, 5.41) is 1.65. The van der Waals surface area contributed by atoms with Crippen LogP contribution in [0.15, 0.2) is 20.1 Å². The summed E-state index contributed by atoms with van der Waals surface area (Å²) in [4.78, 5) is 10.2. The Bertz CT molecular complexity index is 470. The van der Waals surface area contributed by atoms with Crippen LogP contribution in [0.25, 0.3) is 0 Å². The Hall–Kier alpha value is -0.640. The van der Waals surface area contributed by atoms with Gasteiger partial charge in [-0.2, -0.15) is 0 Å². The van der Waals surface area contributed by atoms with E-state index in [1.807, 2.05) is 0 Å². The Kier molecular flexibility index (Phi) is 4.71. The quantitative estimate of drug-likeness (QED) is 0.784. The van der Waals surface area contributed by atoms with Gasteiger partial charge in [0.2, 0.25) is 0 Å². The minimum atomic E-state index is -3.56. The molecule has 0 fully saturated rings. The minimum absolute atomic E-state index is 0.0182. The molecule has 0 bridgehead atoms. The van der Waals surface area contributed by atoms with Crippen LogP contribution in [0.2, 0.25) is 0 Å². The first kappa shape index (κ1) is 13.4. The zero-order chi connectivity index (χ0) is 12.2. The summed E-state index contributed by atoms with van der Waals surface area (Å²) in [5.41, 5.74) is 4.72. The number of thiophene rings is 1. The zero-order valence-electron chi connectivity index (χ0n) is 7.97. The van der Waals surface area contributed by atoms with Crippen molar-refractivity contribution in [3.8, 4) is 0 Å². The number of nitrogens with two attached hydrogens (primary N) is 1. The number of carbonyl (C=O) groups excluding carboxylic acids is 1. The van der Waals surface area contributed by atoms with Crippen molar-refractivity contribution in [2.24, 2.45) is 5.73 Å². The molecule has 6 nitrogen and oxygen atoms in total. The molecule has 1 heterocycles. The first-order chi connectivity index (χ1) is 7.43. The van der Waals surface area contributed by atoms with Gasteiger partial charge in [-0.05, 0) is 27.4 Å². The number of ether oxygens (including phenoxy) is 1. The second kappa shape index (κ2) is 5.62. The van der Waals surface area contributed by atoms with E-state index in [1.54, 1.807) is 11.4 Å². The maximum atomic E-state index is 11.7. The summed E-state index contributed by atoms with van der Waals surface area (Å²) >= 11 is 4.21. The molecule has 0 saturated heterocycles. The first-order valence-corrected chi connectivity index (χ1v) is 7.24. The Morgan fingerprint density at radius 3 is 2.81 bits per heavy atom. The summed E-state index contributed by atoms with van der Waals surface area (Å²) in [5.74, 6) is 0. The SMILES string of the molecule is NC(=O)OCCNS(=O)(=O)c1sccc1Br. The zero-order valence-corrected chi connectivity index (χ0v) is 11.2. The lowest BCUT2D eigenvalue weighted by Gasteiger charge is -2.05. The number of carbonyl (C=O) groups is 1. The number of primary amides is 1. The topological polar surface area (TPSA) is 98.5 Å². The van der Waals surface area contributed by atoms with Crippen molar-refractivity contribution in [2.45, 2.75) is 4.21 Å². The third-order valence-corrected chi connectivity index (χ3v) is 5.60. The van der Waals surface area contributed by atoms with Crippen LogP contribution in [-0.4, -0.2) is 27.7 Å². The number of rotatable bonds is 5. The summed E-state index contributed by atoms with van der Waals surface area (Å²) in [7, 11) is -3.56. The van der Waals surface area contributed by atoms with E-state index in [0.29, 0.717) is 4.47 Å². The van der Waals surface area contributed by atoms with Gasteiger partial charge in [-0.1, -0.05) is 0 Å². The molecule has 0 aliphatic rings. The molecule has 1 amide bonds. The van der Waals surface area contributed by atoms with Crippen molar-refractivity contribution in [2.75, 3.05) is 13.2 Å². The summed E-state index contributed by atoms with van der Waals surface area (Å²) in [6.07, 6.45) is -0.934. The molecule has 1 aromatic heterocycles. The smallest absolute Gasteiger partial charge is 0.404 e. The van der Waals surface area contributed by atoms with E-state index in [2.05, 4.69) is 25.4 Å². The fourth-order valence-corrected chi connectivity index (χ4v) is 4.26. The summed E-state index contributed by atoms with van der Waals surface area (Å²) in [6.45, 7) is -0.118. The van der Waals surface area contributed by atoms with Crippen molar-refractivity contribution < 1.29 is 17.9 Å². The summed E-state index contributed by atoms with van der Waals surface area (Å²) < 4.78 is 30.7. The Morgan fingerprint density at radius 1 is 1.62 bits per heavy atom. The summed E-state index contributed by atoms with van der Waals surface area (Å²) in [6, 6.07) is 1.64. The van der Waals surface area contributed by atoms with Crippen molar-refractivity contribution in [1.29, 1.82) is 0 Å². The molecular weight excluding hydrogens is 320 g/mol. The number of hydrogen-bond acceptors (Lipinski definition) is 5. The van der Waals surface area contributed by atoms with Crippen molar-refractivity contribution in [3.05, 3.63) is 15.9 Å². The Balaban J connectivity index is 2.54. The second-order valence-corrected chi connectivity index (χ2v) is 6.35. The minimum Gasteiger partial charge on any atom is -0.448 e. The van der Waals surface area contributed by atoms with Crippen LogP contribution in [0.3, 0.4) is 0 Å². The normalized spacial score (nSPS) is 11.3. The highest BCUT2D eigenvalue weighted by Crippen LogP contribution is 2.26. The molecule has 1 rings (SSSR count). The average Bonchev–Trinajstić information content (AvgIpc) is 2.59. The highest BCUT2D eigenvalue weighted by molar-refractivity contribution is 9.10. The van der Waals surface area contributed by atoms with E-state index in [1.165, 1.54) is 0 Å². The van der Waals surface area contributed by atoms with Crippen LogP contribution >= 0.6 is 27.3 Å². The molecule has 1 aromatic rings. The predicted molar refractivity (Wildman–Crippen MR) is 62.7 cm³/mol. The first-order valence-electron chi connectivity index (χ1n) is 4.08. The van der Waals surface area contributed by atoms with Gasteiger partial charge in [-0.3, -0.25) is 0 Å². The lowest BCUT2D eigenvalue weighted by molar-refractivity contribution is 0.159. The van der Waals surface area contributed by atoms with Crippen LogP contribution < -0.4 is 10.5 Å². The van der Waals surface area contributed by atoms with Crippen LogP contribution in [0, 0.1) is 0 Å². The van der Waals surface area contributed by atoms with E-state index in [-0.39, 0.29) is 17.4 Å². The molecule has 0 spiro atoms. The molecule has 0 aliphatic carbocycles. The van der Waals surface area contributed by atoms with Crippen molar-refractivity contribution >= 4 is 43.4 Å². The molecule has 3 N–H and O–H groups in total. The van der Waals surface area contributed by atoms with Crippen LogP contribution in [0.1, 0.15) is 0 Å². The number of nitrogens with one attached hydrogen (secondary N) is 1. The molecule has 0 radical (unpaired) electrons. The molecule has 0 aromatic carbocycles. The number of halogens is 1. The van der Waals surface area contributed by atoms with Gasteiger partial charge in [0.05, 0.1) is 0 Å². The van der Waals surface area contributed by atoms with Crippen LogP contribution in [0.5, 0.6) is 0 Å². The maximum Gasteiger partial charge on any atom is 0.404 e. The van der Waals surface area contributed by atoms with Crippen LogP contribution in [-0.2, 0) is 14.8 Å². The van der Waals surface area contributed by atoms with Crippen molar-refractivity contribution in [1.82, 2.24) is 4.72 Å². The fourth-order valence-electron chi connectivity index (χ4n) is 0.865. The monoisotopic (exact) mass is 328 g/mol. The molecule has 16 heavy (non-hydrogen) atoms. The number of amides is 1. The molecule has 0 unspecified atom stereocenters. The van der Waals surface area contributed by atoms with Gasteiger partial charge in [-0.25, -0.2) is 17.9 Å². The second-order valence-electron chi connectivity index (χ2n) is 2.62. The van der Waals surface area contributed by atoms with E-state index in [9.17, 15) is 13.2 Å². The van der Waals surface area contributed by atoms with Gasteiger partial charge >= 0.3 is 6.09 Å². The number of hydrogen-bond donors (Lipinski definition) is 2. The van der Waals surface area contributed by atoms with Crippen LogP contribution in [0.4, 0.5) is 4.79 Å². The lowest BCUT2D eigenvalue weighted by Crippen LogP contribution is -2.28. The van der Waals surface area contributed by atoms with E-state index in [0.717, 1.165) is 11.3 Å². The van der Waals surface area contributed by atoms with E-state index >= 15 is 0 Å². The van der Waals surface area contributed by atoms with Crippen molar-refractivity contribution in [3.63, 3.8) is 0 Å². The molecule has 9 heteroatoms. The van der Waals surface area contributed by atoms with Gasteiger partial charge in [-0.15, -0.1) is 11.3 Å².